The van der Waals surface area contributed by atoms with Crippen molar-refractivity contribution in [1.29, 1.82) is 0 Å². The molecule has 1 fully saturated rings. The van der Waals surface area contributed by atoms with E-state index in [1.54, 1.807) is 16.9 Å². The van der Waals surface area contributed by atoms with Crippen molar-refractivity contribution in [3.8, 4) is 0 Å². The molecule has 7 heteroatoms. The Balaban J connectivity index is 1.78. The van der Waals surface area contributed by atoms with Gasteiger partial charge in [-0.25, -0.2) is 0 Å². The minimum atomic E-state index is -4.37. The van der Waals surface area contributed by atoms with Gasteiger partial charge >= 0.3 is 6.18 Å². The molecule has 1 atom stereocenters. The molecule has 2 heterocycles. The van der Waals surface area contributed by atoms with Crippen molar-refractivity contribution in [2.24, 2.45) is 7.05 Å². The summed E-state index contributed by atoms with van der Waals surface area (Å²) in [7, 11) is 1.85. The van der Waals surface area contributed by atoms with E-state index < -0.39 is 17.8 Å². The van der Waals surface area contributed by atoms with E-state index in [0.717, 1.165) is 11.8 Å². The molecule has 3 rings (SSSR count). The Hall–Kier alpha value is -1.86. The lowest BCUT2D eigenvalue weighted by Gasteiger charge is -2.34. The Morgan fingerprint density at radius 2 is 2.04 bits per heavy atom. The second-order valence-electron chi connectivity index (χ2n) is 5.63. The zero-order valence-corrected chi connectivity index (χ0v) is 12.8. The topological polar surface area (TPSA) is 30.3 Å². The first-order chi connectivity index (χ1) is 10.9. The number of hydrogen-bond donors (Lipinski definition) is 0. The number of hydrogen-bond acceptors (Lipinski definition) is 3. The van der Waals surface area contributed by atoms with Crippen LogP contribution in [0.4, 0.5) is 13.2 Å². The van der Waals surface area contributed by atoms with Crippen molar-refractivity contribution >= 4 is 0 Å². The summed E-state index contributed by atoms with van der Waals surface area (Å²) in [6.45, 7) is 2.17. The summed E-state index contributed by atoms with van der Waals surface area (Å²) in [4.78, 5) is 2.10. The minimum absolute atomic E-state index is 0.203. The lowest BCUT2D eigenvalue weighted by molar-refractivity contribution is -0.140. The van der Waals surface area contributed by atoms with Crippen LogP contribution < -0.4 is 0 Å². The Bertz CT molecular complexity index is 669. The van der Waals surface area contributed by atoms with Crippen LogP contribution in [0, 0.1) is 0 Å². The van der Waals surface area contributed by atoms with Gasteiger partial charge in [0.2, 0.25) is 0 Å². The van der Waals surface area contributed by atoms with Crippen molar-refractivity contribution in [2.45, 2.75) is 18.8 Å². The first kappa shape index (κ1) is 16.0. The van der Waals surface area contributed by atoms with E-state index in [0.29, 0.717) is 26.2 Å². The molecule has 1 aliphatic heterocycles. The smallest absolute Gasteiger partial charge is 0.371 e. The van der Waals surface area contributed by atoms with E-state index >= 15 is 0 Å². The first-order valence-corrected chi connectivity index (χ1v) is 7.42. The molecule has 0 aliphatic carbocycles. The number of rotatable bonds is 3. The Morgan fingerprint density at radius 1 is 1.26 bits per heavy atom. The van der Waals surface area contributed by atoms with E-state index in [1.165, 1.54) is 12.1 Å². The van der Waals surface area contributed by atoms with E-state index in [4.69, 9.17) is 4.74 Å². The van der Waals surface area contributed by atoms with E-state index in [9.17, 15) is 13.2 Å². The van der Waals surface area contributed by atoms with Crippen molar-refractivity contribution in [1.82, 2.24) is 14.7 Å². The number of aromatic nitrogens is 2. The largest absolute Gasteiger partial charge is 0.416 e. The molecule has 1 aromatic heterocycles. The van der Waals surface area contributed by atoms with E-state index in [-0.39, 0.29) is 5.56 Å². The fourth-order valence-electron chi connectivity index (χ4n) is 2.86. The summed E-state index contributed by atoms with van der Waals surface area (Å²) in [5, 5.41) is 4.12. The van der Waals surface area contributed by atoms with Gasteiger partial charge in [-0.2, -0.15) is 18.3 Å². The normalized spacial score (nSPS) is 19.9. The molecule has 1 aromatic carbocycles. The predicted molar refractivity (Wildman–Crippen MR) is 78.6 cm³/mol. The van der Waals surface area contributed by atoms with Gasteiger partial charge in [0.25, 0.3) is 0 Å². The Kier molecular flexibility index (Phi) is 4.41. The maximum atomic E-state index is 13.2. The average molecular weight is 325 g/mol. The number of benzene rings is 1. The molecule has 0 spiro atoms. The number of halogens is 3. The fraction of sp³-hybridized carbons (Fsp3) is 0.438. The molecule has 0 saturated carbocycles. The summed E-state index contributed by atoms with van der Waals surface area (Å²) in [5.74, 6) is 0. The van der Waals surface area contributed by atoms with Gasteiger partial charge in [0, 0.05) is 32.9 Å². The summed E-state index contributed by atoms with van der Waals surface area (Å²) < 4.78 is 46.9. The maximum absolute atomic E-state index is 13.2. The average Bonchev–Trinajstić information content (AvgIpc) is 2.92. The molecular weight excluding hydrogens is 307 g/mol. The molecule has 0 bridgehead atoms. The molecule has 0 radical (unpaired) electrons. The van der Waals surface area contributed by atoms with Crippen molar-refractivity contribution in [3.63, 3.8) is 0 Å². The van der Waals surface area contributed by atoms with Crippen LogP contribution in [0.5, 0.6) is 0 Å². The number of ether oxygens (including phenoxy) is 1. The van der Waals surface area contributed by atoms with Crippen molar-refractivity contribution in [3.05, 3.63) is 53.3 Å². The van der Waals surface area contributed by atoms with Crippen molar-refractivity contribution < 1.29 is 17.9 Å². The number of alkyl halides is 3. The third kappa shape index (κ3) is 3.56. The van der Waals surface area contributed by atoms with Gasteiger partial charge in [0.1, 0.15) is 0 Å². The van der Waals surface area contributed by atoms with Crippen LogP contribution in [0.2, 0.25) is 0 Å². The summed E-state index contributed by atoms with van der Waals surface area (Å²) in [6.07, 6.45) is -3.23. The minimum Gasteiger partial charge on any atom is -0.371 e. The predicted octanol–water partition coefficient (Wildman–Crippen LogP) is 3.01. The highest BCUT2D eigenvalue weighted by Crippen LogP contribution is 2.36. The highest BCUT2D eigenvalue weighted by molar-refractivity contribution is 5.32. The van der Waals surface area contributed by atoms with Gasteiger partial charge in [-0.3, -0.25) is 9.58 Å². The molecule has 124 valence electrons. The van der Waals surface area contributed by atoms with E-state index in [2.05, 4.69) is 10.00 Å². The zero-order valence-electron chi connectivity index (χ0n) is 12.8. The molecular formula is C16H18F3N3O. The molecule has 0 N–H and O–H groups in total. The second-order valence-corrected chi connectivity index (χ2v) is 5.63. The van der Waals surface area contributed by atoms with Crippen LogP contribution in [-0.2, 0) is 24.5 Å². The number of aryl methyl sites for hydroxylation is 1. The number of morpholine rings is 1. The van der Waals surface area contributed by atoms with Gasteiger partial charge in [-0.15, -0.1) is 0 Å². The van der Waals surface area contributed by atoms with Gasteiger partial charge in [0.05, 0.1) is 24.0 Å². The van der Waals surface area contributed by atoms with Crippen LogP contribution >= 0.6 is 0 Å². The molecule has 4 nitrogen and oxygen atoms in total. The molecule has 0 amide bonds. The lowest BCUT2D eigenvalue weighted by Crippen LogP contribution is -2.38. The second kappa shape index (κ2) is 6.33. The van der Waals surface area contributed by atoms with Crippen molar-refractivity contribution in [2.75, 3.05) is 19.7 Å². The SMILES string of the molecule is Cn1nccc1CN1CCO[C@@H](c2ccccc2C(F)(F)F)C1. The van der Waals surface area contributed by atoms with Crippen LogP contribution in [0.15, 0.2) is 36.5 Å². The highest BCUT2D eigenvalue weighted by Gasteiger charge is 2.36. The lowest BCUT2D eigenvalue weighted by atomic mass is 10.0. The molecule has 2 aromatic rings. The highest BCUT2D eigenvalue weighted by atomic mass is 19.4. The molecule has 1 saturated heterocycles. The third-order valence-electron chi connectivity index (χ3n) is 4.07. The molecule has 0 unspecified atom stereocenters. The zero-order chi connectivity index (χ0) is 16.4. The summed E-state index contributed by atoms with van der Waals surface area (Å²) >= 11 is 0. The van der Waals surface area contributed by atoms with Crippen LogP contribution in [0.3, 0.4) is 0 Å². The summed E-state index contributed by atoms with van der Waals surface area (Å²) in [5.41, 5.74) is 0.608. The molecule has 1 aliphatic rings. The van der Waals surface area contributed by atoms with Crippen LogP contribution in [0.1, 0.15) is 22.9 Å². The van der Waals surface area contributed by atoms with E-state index in [1.807, 2.05) is 13.1 Å². The maximum Gasteiger partial charge on any atom is 0.416 e. The van der Waals surface area contributed by atoms with Gasteiger partial charge in [-0.05, 0) is 17.7 Å². The molecule has 23 heavy (non-hydrogen) atoms. The standard InChI is InChI=1S/C16H18F3N3O/c1-21-12(6-7-20-21)10-22-8-9-23-15(11-22)13-4-2-3-5-14(13)16(17,18)19/h2-7,15H,8-11H2,1H3/t15-/m1/s1. The Morgan fingerprint density at radius 3 is 2.74 bits per heavy atom. The quantitative estimate of drug-likeness (QED) is 0.869. The third-order valence-corrected chi connectivity index (χ3v) is 4.07. The fourth-order valence-corrected chi connectivity index (χ4v) is 2.86. The summed E-state index contributed by atoms with van der Waals surface area (Å²) in [6, 6.07) is 7.55. The number of nitrogens with zero attached hydrogens (tertiary/aromatic N) is 3. The van der Waals surface area contributed by atoms with Gasteiger partial charge in [-0.1, -0.05) is 18.2 Å². The van der Waals surface area contributed by atoms with Gasteiger partial charge < -0.3 is 4.74 Å². The Labute approximate surface area is 132 Å². The van der Waals surface area contributed by atoms with Crippen LogP contribution in [0.25, 0.3) is 0 Å². The van der Waals surface area contributed by atoms with Gasteiger partial charge in [0.15, 0.2) is 0 Å². The monoisotopic (exact) mass is 325 g/mol. The first-order valence-electron chi connectivity index (χ1n) is 7.42. The van der Waals surface area contributed by atoms with Crippen LogP contribution in [-0.4, -0.2) is 34.4 Å².